The van der Waals surface area contributed by atoms with Gasteiger partial charge in [0.15, 0.2) is 0 Å². The minimum atomic E-state index is -0.630. The largest absolute Gasteiger partial charge is 0.491 e. The van der Waals surface area contributed by atoms with Gasteiger partial charge in [0.2, 0.25) is 5.91 Å². The molecule has 0 aliphatic rings. The highest BCUT2D eigenvalue weighted by Gasteiger charge is 2.18. The number of carbonyl (C=O) groups is 1. The molecule has 19 heavy (non-hydrogen) atoms. The highest BCUT2D eigenvalue weighted by atomic mass is 35.5. The lowest BCUT2D eigenvalue weighted by atomic mass is 10.1. The first kappa shape index (κ1) is 16.1. The molecule has 6 heteroatoms. The third-order valence-electron chi connectivity index (χ3n) is 2.35. The average molecular weight is 306 g/mol. The number of ether oxygens (including phenoxy) is 1. The van der Waals surface area contributed by atoms with Crippen LogP contribution in [0.15, 0.2) is 18.2 Å². The highest BCUT2D eigenvalue weighted by molar-refractivity contribution is 6.35. The zero-order valence-corrected chi connectivity index (χ0v) is 12.4. The summed E-state index contributed by atoms with van der Waals surface area (Å²) < 4.78 is 5.40. The first-order valence-electron chi connectivity index (χ1n) is 5.84. The van der Waals surface area contributed by atoms with Crippen LogP contribution in [-0.4, -0.2) is 29.8 Å². The lowest BCUT2D eigenvalue weighted by molar-refractivity contribution is -0.123. The number of benzene rings is 1. The molecule has 0 saturated heterocycles. The van der Waals surface area contributed by atoms with E-state index >= 15 is 0 Å². The third-order valence-corrected chi connectivity index (χ3v) is 2.88. The summed E-state index contributed by atoms with van der Waals surface area (Å²) in [5.41, 5.74) is -0.630. The van der Waals surface area contributed by atoms with Crippen LogP contribution in [0.25, 0.3) is 0 Å². The molecule has 0 heterocycles. The Bertz CT molecular complexity index is 450. The molecule has 0 saturated carbocycles. The molecule has 0 bridgehead atoms. The van der Waals surface area contributed by atoms with Crippen LogP contribution < -0.4 is 10.1 Å². The molecule has 0 aliphatic heterocycles. The van der Waals surface area contributed by atoms with Crippen molar-refractivity contribution in [3.8, 4) is 5.75 Å². The number of hydrogen-bond donors (Lipinski definition) is 2. The number of halogens is 2. The molecule has 1 rings (SSSR count). The number of rotatable bonds is 6. The van der Waals surface area contributed by atoms with Crippen molar-refractivity contribution in [3.05, 3.63) is 28.2 Å². The van der Waals surface area contributed by atoms with E-state index in [9.17, 15) is 4.79 Å². The second kappa shape index (κ2) is 6.98. The fourth-order valence-electron chi connectivity index (χ4n) is 1.33. The predicted octanol–water partition coefficient (Wildman–Crippen LogP) is 2.65. The maximum Gasteiger partial charge on any atom is 0.223 e. The molecule has 0 fully saturated rings. The quantitative estimate of drug-likeness (QED) is 0.849. The van der Waals surface area contributed by atoms with Gasteiger partial charge in [-0.2, -0.15) is 0 Å². The van der Waals surface area contributed by atoms with Crippen LogP contribution in [0, 0.1) is 0 Å². The maximum atomic E-state index is 11.6. The summed E-state index contributed by atoms with van der Waals surface area (Å²) in [6.45, 7) is 3.56. The Morgan fingerprint density at radius 2 is 2.11 bits per heavy atom. The van der Waals surface area contributed by atoms with Crippen LogP contribution in [-0.2, 0) is 4.79 Å². The Kier molecular flexibility index (Phi) is 5.91. The van der Waals surface area contributed by atoms with Gasteiger partial charge in [-0.25, -0.2) is 0 Å². The molecule has 0 unspecified atom stereocenters. The molecule has 1 aromatic carbocycles. The molecular formula is C13H17Cl2NO3. The Balaban J connectivity index is 2.40. The number of hydrogen-bond acceptors (Lipinski definition) is 3. The van der Waals surface area contributed by atoms with E-state index in [1.54, 1.807) is 32.0 Å². The Morgan fingerprint density at radius 3 is 2.68 bits per heavy atom. The first-order chi connectivity index (χ1) is 8.84. The fourth-order valence-corrected chi connectivity index (χ4v) is 1.79. The van der Waals surface area contributed by atoms with Gasteiger partial charge < -0.3 is 15.2 Å². The number of amides is 1. The Hall–Kier alpha value is -0.970. The van der Waals surface area contributed by atoms with Crippen LogP contribution in [0.4, 0.5) is 0 Å². The van der Waals surface area contributed by atoms with E-state index in [1.807, 2.05) is 0 Å². The minimum absolute atomic E-state index is 0.122. The van der Waals surface area contributed by atoms with Crippen molar-refractivity contribution in [2.24, 2.45) is 0 Å². The van der Waals surface area contributed by atoms with Crippen molar-refractivity contribution in [2.75, 3.05) is 13.2 Å². The zero-order chi connectivity index (χ0) is 14.5. The Labute approximate surface area is 122 Å². The SMILES string of the molecule is CC(C)(CO)NC(=O)CCOc1ccc(Cl)cc1Cl. The summed E-state index contributed by atoms with van der Waals surface area (Å²) in [7, 11) is 0. The fraction of sp³-hybridized carbons (Fsp3) is 0.462. The molecule has 0 spiro atoms. The van der Waals surface area contributed by atoms with Gasteiger partial charge in [-0.15, -0.1) is 0 Å². The predicted molar refractivity (Wildman–Crippen MR) is 75.9 cm³/mol. The smallest absolute Gasteiger partial charge is 0.223 e. The van der Waals surface area contributed by atoms with E-state index < -0.39 is 5.54 Å². The average Bonchev–Trinajstić information content (AvgIpc) is 2.31. The number of aliphatic hydroxyl groups is 1. The second-order valence-corrected chi connectivity index (χ2v) is 5.61. The van der Waals surface area contributed by atoms with Crippen molar-refractivity contribution in [2.45, 2.75) is 25.8 Å². The summed E-state index contributed by atoms with van der Waals surface area (Å²) in [4.78, 5) is 11.6. The molecular weight excluding hydrogens is 289 g/mol. The summed E-state index contributed by atoms with van der Waals surface area (Å²) in [5, 5.41) is 12.7. The summed E-state index contributed by atoms with van der Waals surface area (Å²) in [6, 6.07) is 4.89. The topological polar surface area (TPSA) is 58.6 Å². The van der Waals surface area contributed by atoms with E-state index in [0.29, 0.717) is 15.8 Å². The Morgan fingerprint density at radius 1 is 1.42 bits per heavy atom. The van der Waals surface area contributed by atoms with Crippen molar-refractivity contribution in [1.82, 2.24) is 5.32 Å². The van der Waals surface area contributed by atoms with Crippen LogP contribution in [0.5, 0.6) is 5.75 Å². The summed E-state index contributed by atoms with van der Waals surface area (Å²) in [6.07, 6.45) is 0.183. The number of carbonyl (C=O) groups excluding carboxylic acids is 1. The lowest BCUT2D eigenvalue weighted by Crippen LogP contribution is -2.46. The van der Waals surface area contributed by atoms with Crippen LogP contribution in [0.2, 0.25) is 10.0 Å². The normalized spacial score (nSPS) is 11.2. The molecule has 0 radical (unpaired) electrons. The highest BCUT2D eigenvalue weighted by Crippen LogP contribution is 2.27. The molecule has 2 N–H and O–H groups in total. The zero-order valence-electron chi connectivity index (χ0n) is 10.9. The van der Waals surface area contributed by atoms with Gasteiger partial charge in [-0.3, -0.25) is 4.79 Å². The van der Waals surface area contributed by atoms with Gasteiger partial charge in [0.25, 0.3) is 0 Å². The molecule has 1 amide bonds. The van der Waals surface area contributed by atoms with Gasteiger partial charge in [0.1, 0.15) is 5.75 Å². The van der Waals surface area contributed by atoms with Gasteiger partial charge in [-0.1, -0.05) is 23.2 Å². The molecule has 0 aliphatic carbocycles. The van der Waals surface area contributed by atoms with Gasteiger partial charge in [0, 0.05) is 5.02 Å². The van der Waals surface area contributed by atoms with Crippen LogP contribution in [0.3, 0.4) is 0 Å². The molecule has 4 nitrogen and oxygen atoms in total. The molecule has 1 aromatic rings. The first-order valence-corrected chi connectivity index (χ1v) is 6.59. The lowest BCUT2D eigenvalue weighted by Gasteiger charge is -2.23. The standard InChI is InChI=1S/C13H17Cl2NO3/c1-13(2,8-17)16-12(18)5-6-19-11-4-3-9(14)7-10(11)15/h3-4,7,17H,5-6,8H2,1-2H3,(H,16,18). The van der Waals surface area contributed by atoms with Crippen LogP contribution in [0.1, 0.15) is 20.3 Å². The summed E-state index contributed by atoms with van der Waals surface area (Å²) >= 11 is 11.7. The van der Waals surface area contributed by atoms with E-state index in [2.05, 4.69) is 5.32 Å². The van der Waals surface area contributed by atoms with Crippen molar-refractivity contribution < 1.29 is 14.6 Å². The van der Waals surface area contributed by atoms with Gasteiger partial charge >= 0.3 is 0 Å². The molecule has 0 atom stereocenters. The van der Waals surface area contributed by atoms with E-state index in [4.69, 9.17) is 33.0 Å². The number of nitrogens with one attached hydrogen (secondary N) is 1. The minimum Gasteiger partial charge on any atom is -0.491 e. The number of aliphatic hydroxyl groups excluding tert-OH is 1. The van der Waals surface area contributed by atoms with Gasteiger partial charge in [-0.05, 0) is 32.0 Å². The van der Waals surface area contributed by atoms with Crippen LogP contribution >= 0.6 is 23.2 Å². The molecule has 106 valence electrons. The van der Waals surface area contributed by atoms with E-state index in [1.165, 1.54) is 0 Å². The third kappa shape index (κ3) is 5.68. The second-order valence-electron chi connectivity index (χ2n) is 4.76. The van der Waals surface area contributed by atoms with E-state index in [-0.39, 0.29) is 25.5 Å². The van der Waals surface area contributed by atoms with E-state index in [0.717, 1.165) is 0 Å². The van der Waals surface area contributed by atoms with Crippen molar-refractivity contribution >= 4 is 29.1 Å². The van der Waals surface area contributed by atoms with Gasteiger partial charge in [0.05, 0.1) is 30.2 Å². The van der Waals surface area contributed by atoms with Crippen molar-refractivity contribution in [3.63, 3.8) is 0 Å². The summed E-state index contributed by atoms with van der Waals surface area (Å²) in [5.74, 6) is 0.296. The maximum absolute atomic E-state index is 11.6. The monoisotopic (exact) mass is 305 g/mol. The molecule has 0 aromatic heterocycles. The van der Waals surface area contributed by atoms with Crippen molar-refractivity contribution in [1.29, 1.82) is 0 Å².